The Morgan fingerprint density at radius 2 is 1.96 bits per heavy atom. The molecular formula is C16H16N6O. The van der Waals surface area contributed by atoms with Crippen molar-refractivity contribution < 1.29 is 5.21 Å². The highest BCUT2D eigenvalue weighted by molar-refractivity contribution is 6.04. The van der Waals surface area contributed by atoms with Gasteiger partial charge in [0.15, 0.2) is 5.84 Å². The fraction of sp³-hybridized carbons (Fsp3) is 0.0625. The zero-order chi connectivity index (χ0) is 16.4. The summed E-state index contributed by atoms with van der Waals surface area (Å²) in [4.78, 5) is 8.45. The van der Waals surface area contributed by atoms with Crippen LogP contribution in [0.4, 0.5) is 11.8 Å². The maximum absolute atomic E-state index is 8.95. The SMILES string of the molecule is CNc1nc(N)nc2cc(-c3ccccc3/C(N)=N/O)ccc12. The van der Waals surface area contributed by atoms with E-state index in [-0.39, 0.29) is 11.8 Å². The normalized spacial score (nSPS) is 11.6. The molecule has 0 atom stereocenters. The van der Waals surface area contributed by atoms with E-state index in [1.165, 1.54) is 0 Å². The number of benzene rings is 2. The summed E-state index contributed by atoms with van der Waals surface area (Å²) in [6.07, 6.45) is 0. The predicted molar refractivity (Wildman–Crippen MR) is 91.4 cm³/mol. The molecule has 23 heavy (non-hydrogen) atoms. The van der Waals surface area contributed by atoms with Crippen LogP contribution in [0.3, 0.4) is 0 Å². The molecule has 116 valence electrons. The third-order valence-electron chi connectivity index (χ3n) is 3.57. The second-order valence-corrected chi connectivity index (χ2v) is 4.94. The van der Waals surface area contributed by atoms with Gasteiger partial charge in [0, 0.05) is 18.0 Å². The summed E-state index contributed by atoms with van der Waals surface area (Å²) in [7, 11) is 1.78. The highest BCUT2D eigenvalue weighted by atomic mass is 16.4. The minimum absolute atomic E-state index is 0.0545. The molecule has 0 saturated carbocycles. The molecule has 7 nitrogen and oxygen atoms in total. The van der Waals surface area contributed by atoms with Gasteiger partial charge in [-0.15, -0.1) is 0 Å². The van der Waals surface area contributed by atoms with Crippen LogP contribution >= 0.6 is 0 Å². The lowest BCUT2D eigenvalue weighted by atomic mass is 9.98. The van der Waals surface area contributed by atoms with Crippen LogP contribution < -0.4 is 16.8 Å². The minimum Gasteiger partial charge on any atom is -0.409 e. The van der Waals surface area contributed by atoms with Gasteiger partial charge in [-0.05, 0) is 23.3 Å². The first-order valence-corrected chi connectivity index (χ1v) is 6.96. The number of hydrogen-bond donors (Lipinski definition) is 4. The van der Waals surface area contributed by atoms with E-state index in [0.29, 0.717) is 16.9 Å². The number of amidine groups is 1. The largest absolute Gasteiger partial charge is 0.409 e. The van der Waals surface area contributed by atoms with E-state index in [1.54, 1.807) is 13.1 Å². The van der Waals surface area contributed by atoms with E-state index >= 15 is 0 Å². The number of aromatic nitrogens is 2. The fourth-order valence-corrected chi connectivity index (χ4v) is 2.52. The predicted octanol–water partition coefficient (Wildman–Crippen LogP) is 2.02. The van der Waals surface area contributed by atoms with Gasteiger partial charge >= 0.3 is 0 Å². The van der Waals surface area contributed by atoms with Crippen molar-refractivity contribution in [2.45, 2.75) is 0 Å². The molecule has 6 N–H and O–H groups in total. The molecule has 0 saturated heterocycles. The Kier molecular flexibility index (Phi) is 3.68. The average Bonchev–Trinajstić information content (AvgIpc) is 2.59. The zero-order valence-corrected chi connectivity index (χ0v) is 12.5. The topological polar surface area (TPSA) is 122 Å². The molecule has 3 rings (SSSR count). The smallest absolute Gasteiger partial charge is 0.222 e. The summed E-state index contributed by atoms with van der Waals surface area (Å²) in [5.41, 5.74) is 14.6. The van der Waals surface area contributed by atoms with E-state index in [0.717, 1.165) is 16.5 Å². The number of rotatable bonds is 3. The summed E-state index contributed by atoms with van der Waals surface area (Å²) < 4.78 is 0. The molecule has 7 heteroatoms. The van der Waals surface area contributed by atoms with E-state index in [1.807, 2.05) is 36.4 Å². The Hall–Kier alpha value is -3.35. The number of nitrogen functional groups attached to an aromatic ring is 1. The molecule has 0 radical (unpaired) electrons. The Balaban J connectivity index is 2.23. The second-order valence-electron chi connectivity index (χ2n) is 4.94. The third-order valence-corrected chi connectivity index (χ3v) is 3.57. The number of hydrogen-bond acceptors (Lipinski definition) is 6. The lowest BCUT2D eigenvalue weighted by molar-refractivity contribution is 0.318. The van der Waals surface area contributed by atoms with Gasteiger partial charge in [0.25, 0.3) is 0 Å². The van der Waals surface area contributed by atoms with E-state index in [9.17, 15) is 0 Å². The first-order valence-electron chi connectivity index (χ1n) is 6.96. The number of nitrogens with one attached hydrogen (secondary N) is 1. The van der Waals surface area contributed by atoms with Gasteiger partial charge in [0.05, 0.1) is 5.52 Å². The molecule has 0 fully saturated rings. The van der Waals surface area contributed by atoms with Crippen LogP contribution in [0.5, 0.6) is 0 Å². The number of nitrogens with zero attached hydrogens (tertiary/aromatic N) is 3. The molecule has 0 aliphatic heterocycles. The minimum atomic E-state index is 0.0545. The molecule has 0 bridgehead atoms. The summed E-state index contributed by atoms with van der Waals surface area (Å²) >= 11 is 0. The first kappa shape index (κ1) is 14.6. The highest BCUT2D eigenvalue weighted by Crippen LogP contribution is 2.29. The number of oxime groups is 1. The van der Waals surface area contributed by atoms with Gasteiger partial charge in [-0.3, -0.25) is 0 Å². The fourth-order valence-electron chi connectivity index (χ4n) is 2.52. The molecule has 0 unspecified atom stereocenters. The number of fused-ring (bicyclic) bond motifs is 1. The molecule has 2 aromatic carbocycles. The van der Waals surface area contributed by atoms with Crippen molar-refractivity contribution in [2.75, 3.05) is 18.1 Å². The molecule has 0 spiro atoms. The monoisotopic (exact) mass is 308 g/mol. The van der Waals surface area contributed by atoms with E-state index < -0.39 is 0 Å². The van der Waals surface area contributed by atoms with Crippen LogP contribution in [0.1, 0.15) is 5.56 Å². The van der Waals surface area contributed by atoms with Crippen LogP contribution in [0, 0.1) is 0 Å². The van der Waals surface area contributed by atoms with Crippen LogP contribution in [0.2, 0.25) is 0 Å². The van der Waals surface area contributed by atoms with Gasteiger partial charge in [0.1, 0.15) is 5.82 Å². The first-order chi connectivity index (χ1) is 11.1. The molecule has 3 aromatic rings. The summed E-state index contributed by atoms with van der Waals surface area (Å²) in [6, 6.07) is 13.2. The summed E-state index contributed by atoms with van der Waals surface area (Å²) in [6.45, 7) is 0. The third kappa shape index (κ3) is 2.59. The number of anilines is 2. The van der Waals surface area contributed by atoms with Gasteiger partial charge < -0.3 is 22.0 Å². The Morgan fingerprint density at radius 3 is 2.70 bits per heavy atom. The lowest BCUT2D eigenvalue weighted by Gasteiger charge is -2.11. The summed E-state index contributed by atoms with van der Waals surface area (Å²) in [5.74, 6) is 0.923. The molecule has 1 aromatic heterocycles. The van der Waals surface area contributed by atoms with Crippen molar-refractivity contribution in [1.82, 2.24) is 9.97 Å². The Morgan fingerprint density at radius 1 is 1.17 bits per heavy atom. The molecule has 1 heterocycles. The van der Waals surface area contributed by atoms with Gasteiger partial charge in [0.2, 0.25) is 5.95 Å². The van der Waals surface area contributed by atoms with Gasteiger partial charge in [-0.2, -0.15) is 4.98 Å². The van der Waals surface area contributed by atoms with Crippen molar-refractivity contribution in [3.8, 4) is 11.1 Å². The Bertz CT molecular complexity index is 906. The quantitative estimate of drug-likeness (QED) is 0.254. The standard InChI is InChI=1S/C16H16N6O/c1-19-15-12-7-6-9(8-13(12)20-16(18)21-15)10-4-2-3-5-11(10)14(17)22-23/h2-8,23H,1H3,(H2,17,22)(H3,18,19,20,21). The van der Waals surface area contributed by atoms with Gasteiger partial charge in [-0.25, -0.2) is 4.98 Å². The molecular weight excluding hydrogens is 292 g/mol. The van der Waals surface area contributed by atoms with Crippen molar-refractivity contribution in [3.63, 3.8) is 0 Å². The number of nitrogens with two attached hydrogens (primary N) is 2. The van der Waals surface area contributed by atoms with Crippen molar-refractivity contribution in [1.29, 1.82) is 0 Å². The van der Waals surface area contributed by atoms with Crippen LogP contribution in [0.25, 0.3) is 22.0 Å². The average molecular weight is 308 g/mol. The Labute approximate surface area is 132 Å². The molecule has 0 aliphatic rings. The maximum Gasteiger partial charge on any atom is 0.222 e. The highest BCUT2D eigenvalue weighted by Gasteiger charge is 2.11. The van der Waals surface area contributed by atoms with Crippen molar-refractivity contribution in [3.05, 3.63) is 48.0 Å². The lowest BCUT2D eigenvalue weighted by Crippen LogP contribution is -2.14. The zero-order valence-electron chi connectivity index (χ0n) is 12.5. The summed E-state index contributed by atoms with van der Waals surface area (Å²) in [5, 5.41) is 15.9. The van der Waals surface area contributed by atoms with Crippen LogP contribution in [-0.2, 0) is 0 Å². The van der Waals surface area contributed by atoms with E-state index in [2.05, 4.69) is 20.4 Å². The van der Waals surface area contributed by atoms with Crippen molar-refractivity contribution >= 4 is 28.5 Å². The van der Waals surface area contributed by atoms with Gasteiger partial charge in [-0.1, -0.05) is 35.5 Å². The second kappa shape index (κ2) is 5.80. The van der Waals surface area contributed by atoms with E-state index in [4.69, 9.17) is 16.7 Å². The molecule has 0 amide bonds. The van der Waals surface area contributed by atoms with Crippen molar-refractivity contribution in [2.24, 2.45) is 10.9 Å². The molecule has 0 aliphatic carbocycles. The van der Waals surface area contributed by atoms with Crippen LogP contribution in [-0.4, -0.2) is 28.1 Å². The van der Waals surface area contributed by atoms with Crippen LogP contribution in [0.15, 0.2) is 47.6 Å². The maximum atomic E-state index is 8.95.